The van der Waals surface area contributed by atoms with Crippen LogP contribution in [-0.4, -0.2) is 16.0 Å². The Morgan fingerprint density at radius 2 is 1.93 bits per heavy atom. The third kappa shape index (κ3) is 4.04. The summed E-state index contributed by atoms with van der Waals surface area (Å²) in [4.78, 5) is 16.5. The Kier molecular flexibility index (Phi) is 5.21. The van der Waals surface area contributed by atoms with Crippen LogP contribution in [0.1, 0.15) is 40.0 Å². The number of aromatic hydroxyl groups is 1. The number of nitrogens with one attached hydrogen (secondary N) is 1. The van der Waals surface area contributed by atoms with Crippen molar-refractivity contribution < 1.29 is 23.1 Å². The maximum Gasteiger partial charge on any atom is 0.416 e. The number of fused-ring (bicyclic) bond motifs is 1. The first kappa shape index (κ1) is 19.9. The first-order valence-corrected chi connectivity index (χ1v) is 8.71. The van der Waals surface area contributed by atoms with Crippen molar-refractivity contribution in [2.24, 2.45) is 0 Å². The SMILES string of the molecule is Cc1cc([C@@H](C)NC(=O)c2cnc3cc(C(F)(F)F)ccc3c2)c(Cl)cc1O. The van der Waals surface area contributed by atoms with Crippen LogP contribution in [0, 0.1) is 6.92 Å². The molecule has 146 valence electrons. The van der Waals surface area contributed by atoms with Crippen LogP contribution in [0.5, 0.6) is 5.75 Å². The summed E-state index contributed by atoms with van der Waals surface area (Å²) in [6.07, 6.45) is -3.23. The zero-order valence-electron chi connectivity index (χ0n) is 14.9. The van der Waals surface area contributed by atoms with E-state index in [9.17, 15) is 23.1 Å². The maximum absolute atomic E-state index is 12.8. The molecule has 1 heterocycles. The number of halogens is 4. The Morgan fingerprint density at radius 3 is 2.61 bits per heavy atom. The minimum atomic E-state index is -4.46. The summed E-state index contributed by atoms with van der Waals surface area (Å²) in [5.41, 5.74) is 0.820. The molecule has 1 atom stereocenters. The average Bonchev–Trinajstić information content (AvgIpc) is 2.62. The normalized spacial score (nSPS) is 12.8. The van der Waals surface area contributed by atoms with Gasteiger partial charge in [-0.25, -0.2) is 0 Å². The Bertz CT molecular complexity index is 1070. The number of hydrogen-bond acceptors (Lipinski definition) is 3. The monoisotopic (exact) mass is 408 g/mol. The van der Waals surface area contributed by atoms with E-state index in [1.54, 1.807) is 19.9 Å². The topological polar surface area (TPSA) is 62.2 Å². The quantitative estimate of drug-likeness (QED) is 0.609. The molecular weight excluding hydrogens is 393 g/mol. The van der Waals surface area contributed by atoms with Gasteiger partial charge in [0.2, 0.25) is 0 Å². The van der Waals surface area contributed by atoms with Crippen LogP contribution in [0.4, 0.5) is 13.2 Å². The standard InChI is InChI=1S/C20H16ClF3N2O2/c1-10-5-15(16(21)8-18(10)27)11(2)26-19(28)13-6-12-3-4-14(20(22,23)24)7-17(12)25-9-13/h3-9,11,27H,1-2H3,(H,26,28)/t11-/m1/s1. The highest BCUT2D eigenvalue weighted by Crippen LogP contribution is 2.32. The molecule has 0 saturated heterocycles. The molecule has 0 aliphatic rings. The molecule has 3 rings (SSSR count). The number of nitrogens with zero attached hydrogens (tertiary/aromatic N) is 1. The Labute approximate surface area is 164 Å². The van der Waals surface area contributed by atoms with E-state index in [2.05, 4.69) is 10.3 Å². The van der Waals surface area contributed by atoms with E-state index in [1.807, 2.05) is 0 Å². The highest BCUT2D eigenvalue weighted by atomic mass is 35.5. The van der Waals surface area contributed by atoms with Crippen molar-refractivity contribution in [2.45, 2.75) is 26.1 Å². The van der Waals surface area contributed by atoms with Crippen molar-refractivity contribution in [2.75, 3.05) is 0 Å². The van der Waals surface area contributed by atoms with E-state index in [-0.39, 0.29) is 16.8 Å². The highest BCUT2D eigenvalue weighted by Gasteiger charge is 2.30. The van der Waals surface area contributed by atoms with Crippen molar-refractivity contribution in [3.05, 3.63) is 69.9 Å². The zero-order valence-corrected chi connectivity index (χ0v) is 15.7. The number of carbonyl (C=O) groups is 1. The second kappa shape index (κ2) is 7.31. The molecule has 4 nitrogen and oxygen atoms in total. The molecule has 8 heteroatoms. The van der Waals surface area contributed by atoms with Gasteiger partial charge < -0.3 is 10.4 Å². The van der Waals surface area contributed by atoms with E-state index in [1.165, 1.54) is 24.4 Å². The van der Waals surface area contributed by atoms with Crippen molar-refractivity contribution in [3.8, 4) is 5.75 Å². The van der Waals surface area contributed by atoms with Gasteiger partial charge in [-0.2, -0.15) is 13.2 Å². The summed E-state index contributed by atoms with van der Waals surface area (Å²) in [6, 6.07) is 7.29. The predicted octanol–water partition coefficient (Wildman–Crippen LogP) is 5.41. The highest BCUT2D eigenvalue weighted by molar-refractivity contribution is 6.31. The van der Waals surface area contributed by atoms with Crippen LogP contribution in [0.2, 0.25) is 5.02 Å². The minimum Gasteiger partial charge on any atom is -0.508 e. The van der Waals surface area contributed by atoms with Gasteiger partial charge in [-0.15, -0.1) is 0 Å². The molecule has 3 aromatic rings. The smallest absolute Gasteiger partial charge is 0.416 e. The molecule has 2 N–H and O–H groups in total. The van der Waals surface area contributed by atoms with Crippen LogP contribution < -0.4 is 5.32 Å². The number of alkyl halides is 3. The molecule has 0 unspecified atom stereocenters. The molecule has 1 amide bonds. The van der Waals surface area contributed by atoms with E-state index >= 15 is 0 Å². The first-order chi connectivity index (χ1) is 13.1. The predicted molar refractivity (Wildman–Crippen MR) is 100 cm³/mol. The summed E-state index contributed by atoms with van der Waals surface area (Å²) in [5, 5.41) is 13.2. The first-order valence-electron chi connectivity index (χ1n) is 8.33. The van der Waals surface area contributed by atoms with Crippen molar-refractivity contribution in [1.29, 1.82) is 0 Å². The van der Waals surface area contributed by atoms with Gasteiger partial charge in [-0.05, 0) is 55.3 Å². The number of rotatable bonds is 3. The van der Waals surface area contributed by atoms with Crippen LogP contribution in [0.3, 0.4) is 0 Å². The van der Waals surface area contributed by atoms with E-state index in [0.29, 0.717) is 21.5 Å². The minimum absolute atomic E-state index is 0.0595. The fourth-order valence-corrected chi connectivity index (χ4v) is 3.13. The molecule has 1 aromatic heterocycles. The molecule has 0 fully saturated rings. The molecular formula is C20H16ClF3N2O2. The van der Waals surface area contributed by atoms with Gasteiger partial charge in [-0.1, -0.05) is 17.7 Å². The number of phenols is 1. The number of hydrogen-bond donors (Lipinski definition) is 2. The molecule has 0 aliphatic heterocycles. The lowest BCUT2D eigenvalue weighted by molar-refractivity contribution is -0.137. The molecule has 0 spiro atoms. The number of benzene rings is 2. The second-order valence-corrected chi connectivity index (χ2v) is 6.89. The number of phenolic OH excluding ortho intramolecular Hbond substituents is 1. The van der Waals surface area contributed by atoms with E-state index in [4.69, 9.17) is 11.6 Å². The van der Waals surface area contributed by atoms with Gasteiger partial charge in [0.1, 0.15) is 5.75 Å². The molecule has 0 bridgehead atoms. The zero-order chi connectivity index (χ0) is 20.6. The molecule has 0 saturated carbocycles. The summed E-state index contributed by atoms with van der Waals surface area (Å²) in [5.74, 6) is -0.382. The van der Waals surface area contributed by atoms with Gasteiger partial charge >= 0.3 is 6.18 Å². The maximum atomic E-state index is 12.8. The van der Waals surface area contributed by atoms with Crippen molar-refractivity contribution in [3.63, 3.8) is 0 Å². The van der Waals surface area contributed by atoms with E-state index in [0.717, 1.165) is 12.1 Å². The van der Waals surface area contributed by atoms with Crippen LogP contribution >= 0.6 is 11.6 Å². The van der Waals surface area contributed by atoms with Crippen LogP contribution in [0.15, 0.2) is 42.6 Å². The summed E-state index contributed by atoms with van der Waals surface area (Å²) < 4.78 is 38.4. The van der Waals surface area contributed by atoms with Gasteiger partial charge in [0.25, 0.3) is 5.91 Å². The lowest BCUT2D eigenvalue weighted by Crippen LogP contribution is -2.27. The fraction of sp³-hybridized carbons (Fsp3) is 0.200. The molecule has 0 radical (unpaired) electrons. The van der Waals surface area contributed by atoms with Crippen LogP contribution in [0.25, 0.3) is 10.9 Å². The lowest BCUT2D eigenvalue weighted by atomic mass is 10.0. The fourth-order valence-electron chi connectivity index (χ4n) is 2.80. The molecule has 2 aromatic carbocycles. The number of aryl methyl sites for hydroxylation is 1. The number of aromatic nitrogens is 1. The van der Waals surface area contributed by atoms with E-state index < -0.39 is 23.7 Å². The van der Waals surface area contributed by atoms with Crippen LogP contribution in [-0.2, 0) is 6.18 Å². The number of amides is 1. The Balaban J connectivity index is 1.84. The largest absolute Gasteiger partial charge is 0.508 e. The summed E-state index contributed by atoms with van der Waals surface area (Å²) >= 11 is 6.14. The second-order valence-electron chi connectivity index (χ2n) is 6.48. The van der Waals surface area contributed by atoms with Gasteiger partial charge in [-0.3, -0.25) is 9.78 Å². The third-order valence-electron chi connectivity index (χ3n) is 4.40. The molecule has 28 heavy (non-hydrogen) atoms. The Morgan fingerprint density at radius 1 is 1.21 bits per heavy atom. The number of pyridine rings is 1. The van der Waals surface area contributed by atoms with Gasteiger partial charge in [0.15, 0.2) is 0 Å². The van der Waals surface area contributed by atoms with Crippen molar-refractivity contribution >= 4 is 28.4 Å². The Hall–Kier alpha value is -2.80. The summed E-state index contributed by atoms with van der Waals surface area (Å²) in [7, 11) is 0. The molecule has 0 aliphatic carbocycles. The third-order valence-corrected chi connectivity index (χ3v) is 4.73. The number of carbonyl (C=O) groups excluding carboxylic acids is 1. The average molecular weight is 409 g/mol. The summed E-state index contributed by atoms with van der Waals surface area (Å²) in [6.45, 7) is 3.45. The van der Waals surface area contributed by atoms with Gasteiger partial charge in [0.05, 0.1) is 22.7 Å². The van der Waals surface area contributed by atoms with Crippen molar-refractivity contribution in [1.82, 2.24) is 10.3 Å². The van der Waals surface area contributed by atoms with Gasteiger partial charge in [0, 0.05) is 16.6 Å². The lowest BCUT2D eigenvalue weighted by Gasteiger charge is -2.17.